The quantitative estimate of drug-likeness (QED) is 0.762. The topological polar surface area (TPSA) is 82.4 Å². The summed E-state index contributed by atoms with van der Waals surface area (Å²) in [7, 11) is 1.72. The number of H-pyrrole nitrogens is 1. The van der Waals surface area contributed by atoms with Gasteiger partial charge < -0.3 is 20.5 Å². The molecule has 2 amide bonds. The standard InChI is InChI=1S/C22H25FN4O2/c1-5-6-9-18(28)26(4)15-8-7-10-27(12-15)21-17(23)11-16(22(24)29)20-19(21)13(2)14(3)25-20/h11,15,25H,2-3,5,7-8,10,12H2,1,4H3,(H2,24,29)/t15-/m0/s1. The third kappa shape index (κ3) is 3.70. The molecule has 1 aromatic carbocycles. The largest absolute Gasteiger partial charge is 0.367 e. The molecule has 1 aromatic heterocycles. The molecule has 0 radical (unpaired) electrons. The Balaban J connectivity index is 2.05. The summed E-state index contributed by atoms with van der Waals surface area (Å²) in [6.45, 7) is 10.9. The second-order valence-corrected chi connectivity index (χ2v) is 7.26. The molecule has 7 heteroatoms. The Labute approximate surface area is 168 Å². The molecule has 2 aromatic rings. The van der Waals surface area contributed by atoms with E-state index < -0.39 is 11.7 Å². The van der Waals surface area contributed by atoms with Crippen molar-refractivity contribution >= 4 is 41.6 Å². The fourth-order valence-electron chi connectivity index (χ4n) is 3.84. The minimum Gasteiger partial charge on any atom is -0.367 e. The van der Waals surface area contributed by atoms with Crippen LogP contribution in [-0.2, 0) is 4.79 Å². The number of primary amides is 1. The molecule has 1 fully saturated rings. The number of aromatic nitrogens is 1. The van der Waals surface area contributed by atoms with Gasteiger partial charge in [0.25, 0.3) is 11.8 Å². The lowest BCUT2D eigenvalue weighted by molar-refractivity contribution is -0.126. The van der Waals surface area contributed by atoms with Crippen LogP contribution in [0, 0.1) is 17.7 Å². The molecule has 3 rings (SSSR count). The van der Waals surface area contributed by atoms with E-state index in [0.717, 1.165) is 18.9 Å². The Morgan fingerprint density at radius 1 is 1.45 bits per heavy atom. The van der Waals surface area contributed by atoms with Gasteiger partial charge in [-0.1, -0.05) is 26.0 Å². The highest BCUT2D eigenvalue weighted by atomic mass is 19.1. The average Bonchev–Trinajstić information content (AvgIpc) is 2.99. The Hall–Kier alpha value is -3.27. The number of anilines is 1. The number of amides is 2. The third-order valence-electron chi connectivity index (χ3n) is 5.41. The van der Waals surface area contributed by atoms with Gasteiger partial charge in [0.2, 0.25) is 0 Å². The van der Waals surface area contributed by atoms with E-state index in [-0.39, 0.29) is 17.5 Å². The molecule has 2 heterocycles. The van der Waals surface area contributed by atoms with Crippen molar-refractivity contribution in [3.05, 3.63) is 28.0 Å². The maximum atomic E-state index is 15.2. The van der Waals surface area contributed by atoms with E-state index in [2.05, 4.69) is 30.0 Å². The number of carbonyl (C=O) groups is 2. The number of rotatable bonds is 3. The molecule has 0 aliphatic carbocycles. The molecule has 1 saturated heterocycles. The molecule has 152 valence electrons. The van der Waals surface area contributed by atoms with E-state index in [4.69, 9.17) is 5.73 Å². The van der Waals surface area contributed by atoms with Crippen LogP contribution >= 0.6 is 0 Å². The van der Waals surface area contributed by atoms with Crippen LogP contribution in [0.1, 0.15) is 36.5 Å². The Kier molecular flexibility index (Phi) is 5.64. The summed E-state index contributed by atoms with van der Waals surface area (Å²) >= 11 is 0. The van der Waals surface area contributed by atoms with Gasteiger partial charge in [0.05, 0.1) is 16.8 Å². The Morgan fingerprint density at radius 2 is 2.17 bits per heavy atom. The van der Waals surface area contributed by atoms with Crippen molar-refractivity contribution in [1.82, 2.24) is 9.88 Å². The van der Waals surface area contributed by atoms with E-state index in [9.17, 15) is 9.59 Å². The maximum Gasteiger partial charge on any atom is 0.298 e. The first-order valence-electron chi connectivity index (χ1n) is 9.58. The van der Waals surface area contributed by atoms with Gasteiger partial charge in [-0.3, -0.25) is 9.59 Å². The van der Waals surface area contributed by atoms with Crippen molar-refractivity contribution in [3.8, 4) is 11.8 Å². The molecule has 1 aliphatic rings. The molecular formula is C22H25FN4O2. The van der Waals surface area contributed by atoms with Crippen molar-refractivity contribution in [2.75, 3.05) is 25.0 Å². The second-order valence-electron chi connectivity index (χ2n) is 7.26. The van der Waals surface area contributed by atoms with Gasteiger partial charge in [-0.05, 0) is 24.8 Å². The predicted octanol–water partition coefficient (Wildman–Crippen LogP) is 1.07. The molecule has 0 bridgehead atoms. The maximum absolute atomic E-state index is 15.2. The number of piperidine rings is 1. The fraction of sp³-hybridized carbons (Fsp3) is 0.364. The smallest absolute Gasteiger partial charge is 0.298 e. The lowest BCUT2D eigenvalue weighted by Crippen LogP contribution is -2.48. The summed E-state index contributed by atoms with van der Waals surface area (Å²) < 4.78 is 15.2. The Bertz CT molecular complexity index is 1140. The zero-order valence-electron chi connectivity index (χ0n) is 16.8. The minimum atomic E-state index is -0.724. The van der Waals surface area contributed by atoms with Crippen molar-refractivity contribution in [2.45, 2.75) is 32.2 Å². The van der Waals surface area contributed by atoms with Crippen LogP contribution in [0.2, 0.25) is 0 Å². The number of hydrogen-bond donors (Lipinski definition) is 2. The molecule has 6 nitrogen and oxygen atoms in total. The van der Waals surface area contributed by atoms with Crippen molar-refractivity contribution in [2.24, 2.45) is 5.73 Å². The summed E-state index contributed by atoms with van der Waals surface area (Å²) in [5.74, 6) is 3.91. The summed E-state index contributed by atoms with van der Waals surface area (Å²) in [6.07, 6.45) is 2.21. The average molecular weight is 396 g/mol. The van der Waals surface area contributed by atoms with Crippen molar-refractivity contribution in [3.63, 3.8) is 0 Å². The lowest BCUT2D eigenvalue weighted by atomic mass is 10.0. The number of nitrogens with two attached hydrogens (primary N) is 1. The zero-order chi connectivity index (χ0) is 21.3. The molecular weight excluding hydrogens is 371 g/mol. The van der Waals surface area contributed by atoms with Gasteiger partial charge in [-0.2, -0.15) is 0 Å². The number of carbonyl (C=O) groups excluding carboxylic acids is 2. The number of likely N-dealkylation sites (N-methyl/N-ethyl adjacent to an activating group) is 1. The van der Waals surface area contributed by atoms with E-state index in [1.54, 1.807) is 11.9 Å². The number of nitrogens with zero attached hydrogens (tertiary/aromatic N) is 2. The van der Waals surface area contributed by atoms with E-state index in [0.29, 0.717) is 46.7 Å². The lowest BCUT2D eigenvalue weighted by Gasteiger charge is -2.38. The third-order valence-corrected chi connectivity index (χ3v) is 5.41. The summed E-state index contributed by atoms with van der Waals surface area (Å²) in [5.41, 5.74) is 6.29. The summed E-state index contributed by atoms with van der Waals surface area (Å²) in [5, 5.41) is 1.53. The van der Waals surface area contributed by atoms with Crippen LogP contribution in [0.4, 0.5) is 10.1 Å². The number of fused-ring (bicyclic) bond motifs is 1. The van der Waals surface area contributed by atoms with E-state index in [1.165, 1.54) is 0 Å². The van der Waals surface area contributed by atoms with Crippen LogP contribution in [-0.4, -0.2) is 47.9 Å². The highest BCUT2D eigenvalue weighted by Crippen LogP contribution is 2.32. The van der Waals surface area contributed by atoms with Gasteiger partial charge in [0.1, 0.15) is 5.82 Å². The Morgan fingerprint density at radius 3 is 2.83 bits per heavy atom. The van der Waals surface area contributed by atoms with Crippen LogP contribution < -0.4 is 21.2 Å². The number of benzene rings is 1. The van der Waals surface area contributed by atoms with E-state index in [1.807, 2.05) is 11.8 Å². The highest BCUT2D eigenvalue weighted by molar-refractivity contribution is 6.09. The SMILES string of the molecule is C=c1[nH]c2c(C(N)=O)cc(F)c(N3CCC[C@H](N(C)C(=O)C#CCC)C3)c2c1=C. The van der Waals surface area contributed by atoms with Crippen LogP contribution in [0.25, 0.3) is 24.1 Å². The first kappa shape index (κ1) is 20.5. The number of hydrogen-bond acceptors (Lipinski definition) is 3. The van der Waals surface area contributed by atoms with Gasteiger partial charge in [-0.25, -0.2) is 4.39 Å². The van der Waals surface area contributed by atoms with Crippen LogP contribution in [0.3, 0.4) is 0 Å². The van der Waals surface area contributed by atoms with Gasteiger partial charge in [-0.15, -0.1) is 0 Å². The summed E-state index contributed by atoms with van der Waals surface area (Å²) in [4.78, 5) is 30.6. The van der Waals surface area contributed by atoms with Crippen LogP contribution in [0.15, 0.2) is 6.07 Å². The second kappa shape index (κ2) is 8.00. The van der Waals surface area contributed by atoms with Crippen LogP contribution in [0.5, 0.6) is 0 Å². The molecule has 29 heavy (non-hydrogen) atoms. The first-order valence-corrected chi connectivity index (χ1v) is 9.58. The van der Waals surface area contributed by atoms with E-state index >= 15 is 4.39 Å². The van der Waals surface area contributed by atoms with Crippen molar-refractivity contribution in [1.29, 1.82) is 0 Å². The molecule has 3 N–H and O–H groups in total. The van der Waals surface area contributed by atoms with Gasteiger partial charge in [0.15, 0.2) is 0 Å². The summed E-state index contributed by atoms with van der Waals surface area (Å²) in [6, 6.07) is 1.06. The molecule has 1 atom stereocenters. The van der Waals surface area contributed by atoms with Gasteiger partial charge >= 0.3 is 0 Å². The number of nitrogens with one attached hydrogen (secondary N) is 1. The monoisotopic (exact) mass is 396 g/mol. The number of halogens is 1. The minimum absolute atomic E-state index is 0.0664. The molecule has 0 spiro atoms. The van der Waals surface area contributed by atoms with Crippen molar-refractivity contribution < 1.29 is 14.0 Å². The molecule has 1 aliphatic heterocycles. The van der Waals surface area contributed by atoms with Gasteiger partial charge in [0, 0.05) is 48.6 Å². The predicted molar refractivity (Wildman–Crippen MR) is 113 cm³/mol. The normalized spacial score (nSPS) is 16.4. The molecule has 0 unspecified atom stereocenters. The highest BCUT2D eigenvalue weighted by Gasteiger charge is 2.29. The first-order chi connectivity index (χ1) is 13.8. The molecule has 0 saturated carbocycles. The zero-order valence-corrected chi connectivity index (χ0v) is 16.8. The fourth-order valence-corrected chi connectivity index (χ4v) is 3.84. The number of aromatic amines is 1.